The molecular weight excluding hydrogens is 273 g/mol. The van der Waals surface area contributed by atoms with Crippen LogP contribution in [0.25, 0.3) is 0 Å². The van der Waals surface area contributed by atoms with E-state index in [2.05, 4.69) is 4.90 Å². The van der Waals surface area contributed by atoms with Crippen LogP contribution >= 0.6 is 23.2 Å². The van der Waals surface area contributed by atoms with Gasteiger partial charge in [0.1, 0.15) is 0 Å². The van der Waals surface area contributed by atoms with Crippen molar-refractivity contribution in [2.45, 2.75) is 6.42 Å². The lowest BCUT2D eigenvalue weighted by atomic mass is 10.1. The van der Waals surface area contributed by atoms with Crippen molar-refractivity contribution in [2.75, 3.05) is 32.8 Å². The molecule has 1 aliphatic heterocycles. The highest BCUT2D eigenvalue weighted by Gasteiger charge is 2.16. The van der Waals surface area contributed by atoms with Crippen LogP contribution in [0, 0.1) is 0 Å². The van der Waals surface area contributed by atoms with Gasteiger partial charge in [-0.05, 0) is 24.6 Å². The Hall–Kier alpha value is -0.610. The second-order valence-corrected chi connectivity index (χ2v) is 5.13. The first-order chi connectivity index (χ1) is 8.66. The van der Waals surface area contributed by atoms with Crippen LogP contribution in [0.1, 0.15) is 16.8 Å². The summed E-state index contributed by atoms with van der Waals surface area (Å²) >= 11 is 11.9. The van der Waals surface area contributed by atoms with Crippen LogP contribution in [-0.4, -0.2) is 43.5 Å². The maximum atomic E-state index is 12.2. The molecule has 98 valence electrons. The number of Topliss-reactive ketones (excluding diaryl/α,β-unsaturated/α-hetero) is 1. The molecule has 1 heterocycles. The number of benzene rings is 1. The van der Waals surface area contributed by atoms with Crippen molar-refractivity contribution in [1.82, 2.24) is 4.90 Å². The summed E-state index contributed by atoms with van der Waals surface area (Å²) in [7, 11) is 0. The van der Waals surface area contributed by atoms with Gasteiger partial charge in [0.15, 0.2) is 5.78 Å². The van der Waals surface area contributed by atoms with Crippen molar-refractivity contribution in [1.29, 1.82) is 0 Å². The summed E-state index contributed by atoms with van der Waals surface area (Å²) in [6.07, 6.45) is 0.955. The molecule has 1 aromatic carbocycles. The second-order valence-electron chi connectivity index (χ2n) is 4.29. The van der Waals surface area contributed by atoms with Crippen molar-refractivity contribution >= 4 is 29.0 Å². The number of nitrogens with zero attached hydrogens (tertiary/aromatic N) is 1. The number of halogens is 2. The van der Waals surface area contributed by atoms with Gasteiger partial charge in [-0.3, -0.25) is 9.69 Å². The fourth-order valence-corrected chi connectivity index (χ4v) is 2.35. The van der Waals surface area contributed by atoms with Gasteiger partial charge in [0.25, 0.3) is 0 Å². The van der Waals surface area contributed by atoms with E-state index in [0.29, 0.717) is 28.8 Å². The molecule has 0 N–H and O–H groups in total. The highest BCUT2D eigenvalue weighted by atomic mass is 35.5. The van der Waals surface area contributed by atoms with Crippen LogP contribution < -0.4 is 0 Å². The SMILES string of the molecule is O=C(CN1CCCOCC1)c1cc(Cl)ccc1Cl. The van der Waals surface area contributed by atoms with E-state index in [1.165, 1.54) is 0 Å². The van der Waals surface area contributed by atoms with Gasteiger partial charge >= 0.3 is 0 Å². The first kappa shape index (κ1) is 13.8. The summed E-state index contributed by atoms with van der Waals surface area (Å²) < 4.78 is 5.35. The van der Waals surface area contributed by atoms with E-state index in [-0.39, 0.29) is 5.78 Å². The lowest BCUT2D eigenvalue weighted by Crippen LogP contribution is -2.32. The van der Waals surface area contributed by atoms with Crippen LogP contribution in [0.3, 0.4) is 0 Å². The molecule has 0 radical (unpaired) electrons. The summed E-state index contributed by atoms with van der Waals surface area (Å²) in [4.78, 5) is 14.3. The molecule has 0 spiro atoms. The van der Waals surface area contributed by atoms with Crippen molar-refractivity contribution in [2.24, 2.45) is 0 Å². The van der Waals surface area contributed by atoms with E-state index in [1.807, 2.05) is 0 Å². The Morgan fingerprint density at radius 2 is 2.11 bits per heavy atom. The van der Waals surface area contributed by atoms with Crippen LogP contribution in [0.15, 0.2) is 18.2 Å². The maximum absolute atomic E-state index is 12.2. The van der Waals surface area contributed by atoms with E-state index in [0.717, 1.165) is 26.1 Å². The summed E-state index contributed by atoms with van der Waals surface area (Å²) in [5.74, 6) is 0.00407. The van der Waals surface area contributed by atoms with Gasteiger partial charge in [-0.1, -0.05) is 23.2 Å². The van der Waals surface area contributed by atoms with Gasteiger partial charge in [-0.2, -0.15) is 0 Å². The van der Waals surface area contributed by atoms with E-state index >= 15 is 0 Å². The predicted octanol–water partition coefficient (Wildman–Crippen LogP) is 2.90. The molecule has 1 fully saturated rings. The third-order valence-corrected chi connectivity index (χ3v) is 3.48. The number of rotatable bonds is 3. The lowest BCUT2D eigenvalue weighted by molar-refractivity contribution is 0.0922. The Labute approximate surface area is 117 Å². The third kappa shape index (κ3) is 3.69. The van der Waals surface area contributed by atoms with Gasteiger partial charge < -0.3 is 4.74 Å². The number of carbonyl (C=O) groups excluding carboxylic acids is 1. The van der Waals surface area contributed by atoms with E-state index in [1.54, 1.807) is 18.2 Å². The zero-order valence-corrected chi connectivity index (χ0v) is 11.5. The summed E-state index contributed by atoms with van der Waals surface area (Å²) in [6, 6.07) is 4.96. The normalized spacial score (nSPS) is 17.4. The monoisotopic (exact) mass is 287 g/mol. The zero-order chi connectivity index (χ0) is 13.0. The fourth-order valence-electron chi connectivity index (χ4n) is 1.96. The first-order valence-electron chi connectivity index (χ1n) is 5.95. The predicted molar refractivity (Wildman–Crippen MR) is 72.7 cm³/mol. The quantitative estimate of drug-likeness (QED) is 0.801. The average molecular weight is 288 g/mol. The standard InChI is InChI=1S/C13H15Cl2NO2/c14-10-2-3-12(15)11(8-10)13(17)9-16-4-1-6-18-7-5-16/h2-3,8H,1,4-7,9H2. The Morgan fingerprint density at radius 1 is 1.28 bits per heavy atom. The summed E-state index contributed by atoms with van der Waals surface area (Å²) in [5.41, 5.74) is 0.495. The van der Waals surface area contributed by atoms with Gasteiger partial charge in [-0.15, -0.1) is 0 Å². The Kier molecular flexibility index (Phi) is 5.01. The molecule has 1 saturated heterocycles. The second kappa shape index (κ2) is 6.53. The Balaban J connectivity index is 2.04. The van der Waals surface area contributed by atoms with Crippen LogP contribution in [0.5, 0.6) is 0 Å². The fraction of sp³-hybridized carbons (Fsp3) is 0.462. The Morgan fingerprint density at radius 3 is 2.94 bits per heavy atom. The molecule has 1 aromatic rings. The molecular formula is C13H15Cl2NO2. The number of hydrogen-bond donors (Lipinski definition) is 0. The first-order valence-corrected chi connectivity index (χ1v) is 6.71. The molecule has 0 bridgehead atoms. The minimum absolute atomic E-state index is 0.00407. The van der Waals surface area contributed by atoms with E-state index < -0.39 is 0 Å². The molecule has 0 amide bonds. The molecule has 0 saturated carbocycles. The number of ketones is 1. The summed E-state index contributed by atoms with van der Waals surface area (Å²) in [5, 5.41) is 0.984. The maximum Gasteiger partial charge on any atom is 0.178 e. The van der Waals surface area contributed by atoms with Crippen molar-refractivity contribution in [3.8, 4) is 0 Å². The van der Waals surface area contributed by atoms with E-state index in [9.17, 15) is 4.79 Å². The summed E-state index contributed by atoms with van der Waals surface area (Å²) in [6.45, 7) is 3.47. The molecule has 18 heavy (non-hydrogen) atoms. The highest BCUT2D eigenvalue weighted by Crippen LogP contribution is 2.21. The minimum Gasteiger partial charge on any atom is -0.380 e. The third-order valence-electron chi connectivity index (χ3n) is 2.91. The average Bonchev–Trinajstić information content (AvgIpc) is 2.61. The van der Waals surface area contributed by atoms with E-state index in [4.69, 9.17) is 27.9 Å². The smallest absolute Gasteiger partial charge is 0.178 e. The number of hydrogen-bond acceptors (Lipinski definition) is 3. The van der Waals surface area contributed by atoms with Gasteiger partial charge in [-0.25, -0.2) is 0 Å². The molecule has 0 unspecified atom stereocenters. The molecule has 0 aliphatic carbocycles. The van der Waals surface area contributed by atoms with Crippen LogP contribution in [0.4, 0.5) is 0 Å². The lowest BCUT2D eigenvalue weighted by Gasteiger charge is -2.18. The van der Waals surface area contributed by atoms with Crippen molar-refractivity contribution in [3.63, 3.8) is 0 Å². The molecule has 3 nitrogen and oxygen atoms in total. The molecule has 0 aromatic heterocycles. The minimum atomic E-state index is 0.00407. The largest absolute Gasteiger partial charge is 0.380 e. The topological polar surface area (TPSA) is 29.5 Å². The number of ether oxygens (including phenoxy) is 1. The van der Waals surface area contributed by atoms with Crippen LogP contribution in [-0.2, 0) is 4.74 Å². The van der Waals surface area contributed by atoms with Crippen LogP contribution in [0.2, 0.25) is 10.0 Å². The number of carbonyl (C=O) groups is 1. The van der Waals surface area contributed by atoms with Gasteiger partial charge in [0.05, 0.1) is 18.2 Å². The molecule has 1 aliphatic rings. The van der Waals surface area contributed by atoms with Gasteiger partial charge in [0.2, 0.25) is 0 Å². The molecule has 2 rings (SSSR count). The Bertz CT molecular complexity index is 429. The molecule has 5 heteroatoms. The van der Waals surface area contributed by atoms with Crippen molar-refractivity contribution < 1.29 is 9.53 Å². The highest BCUT2D eigenvalue weighted by molar-refractivity contribution is 6.36. The van der Waals surface area contributed by atoms with Gasteiger partial charge in [0, 0.05) is 30.3 Å². The van der Waals surface area contributed by atoms with Crippen molar-refractivity contribution in [3.05, 3.63) is 33.8 Å². The zero-order valence-electron chi connectivity index (χ0n) is 9.99. The molecule has 0 atom stereocenters.